The number of halogens is 2. The summed E-state index contributed by atoms with van der Waals surface area (Å²) in [6, 6.07) is 13.2. The number of hydrazone groups is 1. The van der Waals surface area contributed by atoms with Crippen molar-refractivity contribution in [2.75, 3.05) is 6.61 Å². The first-order valence-electron chi connectivity index (χ1n) is 7.53. The predicted molar refractivity (Wildman–Crippen MR) is 107 cm³/mol. The van der Waals surface area contributed by atoms with Crippen molar-refractivity contribution in [3.63, 3.8) is 0 Å². The number of amides is 1. The fraction of sp³-hybridized carbons (Fsp3) is 0.111. The van der Waals surface area contributed by atoms with E-state index >= 15 is 0 Å². The van der Waals surface area contributed by atoms with Gasteiger partial charge in [-0.1, -0.05) is 45.7 Å². The summed E-state index contributed by atoms with van der Waals surface area (Å²) in [7, 11) is 0. The molecule has 2 aromatic carbocycles. The Labute approximate surface area is 162 Å². The van der Waals surface area contributed by atoms with Gasteiger partial charge in [-0.3, -0.25) is 4.79 Å². The third-order valence-electron chi connectivity index (χ3n) is 3.38. The third kappa shape index (κ3) is 4.03. The molecule has 0 aliphatic heterocycles. The molecule has 0 fully saturated rings. The average molecular weight is 438 g/mol. The minimum atomic E-state index is -0.338. The van der Waals surface area contributed by atoms with Gasteiger partial charge in [0.25, 0.3) is 5.91 Å². The summed E-state index contributed by atoms with van der Waals surface area (Å²) in [5.41, 5.74) is 3.29. The van der Waals surface area contributed by atoms with E-state index in [1.54, 1.807) is 6.21 Å². The first kappa shape index (κ1) is 17.9. The van der Waals surface area contributed by atoms with E-state index in [0.717, 1.165) is 20.1 Å². The minimum absolute atomic E-state index is 0.338. The van der Waals surface area contributed by atoms with E-state index in [9.17, 15) is 4.79 Å². The number of ether oxygens (including phenoxy) is 1. The second-order valence-electron chi connectivity index (χ2n) is 5.06. The number of carbonyl (C=O) groups is 1. The van der Waals surface area contributed by atoms with E-state index in [2.05, 4.69) is 26.5 Å². The number of nitrogens with one attached hydrogen (secondary N) is 1. The molecule has 4 nitrogen and oxygen atoms in total. The van der Waals surface area contributed by atoms with Crippen LogP contribution in [0.1, 0.15) is 22.2 Å². The topological polar surface area (TPSA) is 50.7 Å². The number of fused-ring (bicyclic) bond motifs is 1. The van der Waals surface area contributed by atoms with Gasteiger partial charge in [0.2, 0.25) is 0 Å². The van der Waals surface area contributed by atoms with Crippen LogP contribution in [-0.4, -0.2) is 18.7 Å². The van der Waals surface area contributed by atoms with Crippen LogP contribution in [0.2, 0.25) is 5.02 Å². The molecule has 0 aliphatic rings. The van der Waals surface area contributed by atoms with Crippen molar-refractivity contribution in [1.29, 1.82) is 0 Å². The smallest absolute Gasteiger partial charge is 0.283 e. The molecule has 0 saturated carbocycles. The normalized spacial score (nSPS) is 11.2. The molecule has 1 aromatic heterocycles. The van der Waals surface area contributed by atoms with Crippen molar-refractivity contribution in [1.82, 2.24) is 5.43 Å². The molecule has 1 N–H and O–H groups in total. The number of thiophene rings is 1. The zero-order valence-corrected chi connectivity index (χ0v) is 16.4. The Morgan fingerprint density at radius 2 is 2.16 bits per heavy atom. The van der Waals surface area contributed by atoms with Gasteiger partial charge >= 0.3 is 0 Å². The third-order valence-corrected chi connectivity index (χ3v) is 5.55. The second kappa shape index (κ2) is 7.99. The Morgan fingerprint density at radius 3 is 2.92 bits per heavy atom. The monoisotopic (exact) mass is 436 g/mol. The molecule has 3 rings (SSSR count). The summed E-state index contributed by atoms with van der Waals surface area (Å²) in [5.74, 6) is 0.360. The molecular formula is C18H14BrClN2O2S. The maximum atomic E-state index is 12.4. The van der Waals surface area contributed by atoms with Gasteiger partial charge in [-0.2, -0.15) is 5.10 Å². The Bertz CT molecular complexity index is 955. The molecule has 128 valence electrons. The molecule has 0 spiro atoms. The van der Waals surface area contributed by atoms with Gasteiger partial charge in [0.05, 0.1) is 17.8 Å². The van der Waals surface area contributed by atoms with E-state index in [1.165, 1.54) is 11.3 Å². The van der Waals surface area contributed by atoms with Gasteiger partial charge in [0.1, 0.15) is 10.6 Å². The molecular weight excluding hydrogens is 424 g/mol. The highest BCUT2D eigenvalue weighted by atomic mass is 79.9. The van der Waals surface area contributed by atoms with Crippen molar-refractivity contribution in [3.05, 3.63) is 62.4 Å². The molecule has 0 bridgehead atoms. The lowest BCUT2D eigenvalue weighted by molar-refractivity contribution is 0.0959. The second-order valence-corrected chi connectivity index (χ2v) is 7.40. The summed E-state index contributed by atoms with van der Waals surface area (Å²) in [6.45, 7) is 2.46. The van der Waals surface area contributed by atoms with Crippen LogP contribution in [0.4, 0.5) is 0 Å². The van der Waals surface area contributed by atoms with Crippen molar-refractivity contribution >= 4 is 61.1 Å². The van der Waals surface area contributed by atoms with Gasteiger partial charge in [0.15, 0.2) is 0 Å². The van der Waals surface area contributed by atoms with Gasteiger partial charge in [-0.25, -0.2) is 5.43 Å². The molecule has 0 radical (unpaired) electrons. The number of rotatable bonds is 5. The summed E-state index contributed by atoms with van der Waals surface area (Å²) < 4.78 is 7.41. The van der Waals surface area contributed by atoms with E-state index in [-0.39, 0.29) is 5.91 Å². The molecule has 25 heavy (non-hydrogen) atoms. The first-order valence-corrected chi connectivity index (χ1v) is 9.51. The highest BCUT2D eigenvalue weighted by Gasteiger charge is 2.16. The van der Waals surface area contributed by atoms with Crippen LogP contribution in [0, 0.1) is 0 Å². The van der Waals surface area contributed by atoms with Gasteiger partial charge in [-0.15, -0.1) is 11.3 Å². The van der Waals surface area contributed by atoms with E-state index in [1.807, 2.05) is 49.4 Å². The van der Waals surface area contributed by atoms with Crippen LogP contribution in [0.15, 0.2) is 52.0 Å². The Hall–Kier alpha value is -1.89. The predicted octanol–water partition coefficient (Wildman–Crippen LogP) is 5.48. The largest absolute Gasteiger partial charge is 0.493 e. The van der Waals surface area contributed by atoms with Crippen molar-refractivity contribution in [2.24, 2.45) is 5.10 Å². The lowest BCUT2D eigenvalue weighted by Gasteiger charge is -2.07. The molecule has 7 heteroatoms. The maximum Gasteiger partial charge on any atom is 0.283 e. The molecule has 0 aliphatic carbocycles. The van der Waals surface area contributed by atoms with Crippen molar-refractivity contribution in [2.45, 2.75) is 6.92 Å². The first-order chi connectivity index (χ1) is 12.1. The highest BCUT2D eigenvalue weighted by molar-refractivity contribution is 9.10. The molecule has 0 atom stereocenters. The van der Waals surface area contributed by atoms with Crippen LogP contribution in [0.5, 0.6) is 5.75 Å². The summed E-state index contributed by atoms with van der Waals surface area (Å²) in [5, 5.41) is 5.36. The summed E-state index contributed by atoms with van der Waals surface area (Å²) in [6.07, 6.45) is 1.55. The van der Waals surface area contributed by atoms with Gasteiger partial charge in [0, 0.05) is 20.1 Å². The molecule has 3 aromatic rings. The zero-order valence-electron chi connectivity index (χ0n) is 13.3. The van der Waals surface area contributed by atoms with Crippen LogP contribution < -0.4 is 10.2 Å². The molecule has 0 unspecified atom stereocenters. The molecule has 1 amide bonds. The number of nitrogens with zero attached hydrogens (tertiary/aromatic N) is 1. The zero-order chi connectivity index (χ0) is 17.8. The molecule has 0 saturated heterocycles. The van der Waals surface area contributed by atoms with E-state index in [4.69, 9.17) is 16.3 Å². The number of benzene rings is 2. The lowest BCUT2D eigenvalue weighted by atomic mass is 10.2. The number of hydrogen-bond donors (Lipinski definition) is 1. The Morgan fingerprint density at radius 1 is 1.36 bits per heavy atom. The summed E-state index contributed by atoms with van der Waals surface area (Å²) >= 11 is 11.1. The molecule has 1 heterocycles. The maximum absolute atomic E-state index is 12.4. The SMILES string of the molecule is CCOc1ccc(Br)cc1/C=N\NC(=O)c1sc2ccccc2c1Cl. The van der Waals surface area contributed by atoms with Gasteiger partial charge < -0.3 is 4.74 Å². The van der Waals surface area contributed by atoms with E-state index in [0.29, 0.717) is 22.3 Å². The Kier molecular flexibility index (Phi) is 5.73. The standard InChI is InChI=1S/C18H14BrClN2O2S/c1-2-24-14-8-7-12(19)9-11(14)10-21-22-18(23)17-16(20)13-5-3-4-6-15(13)25-17/h3-10H,2H2,1H3,(H,22,23)/b21-10-. The fourth-order valence-electron chi connectivity index (χ4n) is 2.28. The average Bonchev–Trinajstić information content (AvgIpc) is 2.94. The summed E-state index contributed by atoms with van der Waals surface area (Å²) in [4.78, 5) is 12.8. The number of hydrogen-bond acceptors (Lipinski definition) is 4. The van der Waals surface area contributed by atoms with Crippen molar-refractivity contribution in [3.8, 4) is 5.75 Å². The highest BCUT2D eigenvalue weighted by Crippen LogP contribution is 2.34. The lowest BCUT2D eigenvalue weighted by Crippen LogP contribution is -2.16. The Balaban J connectivity index is 1.79. The van der Waals surface area contributed by atoms with Crippen LogP contribution in [0.3, 0.4) is 0 Å². The number of carbonyl (C=O) groups excluding carboxylic acids is 1. The van der Waals surface area contributed by atoms with Crippen LogP contribution in [0.25, 0.3) is 10.1 Å². The van der Waals surface area contributed by atoms with Crippen LogP contribution >= 0.6 is 38.9 Å². The van der Waals surface area contributed by atoms with E-state index < -0.39 is 0 Å². The van der Waals surface area contributed by atoms with Crippen molar-refractivity contribution < 1.29 is 9.53 Å². The van der Waals surface area contributed by atoms with Crippen LogP contribution in [-0.2, 0) is 0 Å². The quantitative estimate of drug-likeness (QED) is 0.424. The minimum Gasteiger partial charge on any atom is -0.493 e. The van der Waals surface area contributed by atoms with Gasteiger partial charge in [-0.05, 0) is 31.2 Å². The fourth-order valence-corrected chi connectivity index (χ4v) is 4.06.